The number of amides is 2. The molecule has 1 heterocycles. The van der Waals surface area contributed by atoms with Crippen LogP contribution in [0, 0.1) is 5.82 Å². The molecule has 0 bridgehead atoms. The largest absolute Gasteiger partial charge is 0.465 e. The number of carbonyl (C=O) groups is 2. The lowest BCUT2D eigenvalue weighted by atomic mass is 9.86. The number of nitrogens with zero attached hydrogens (tertiary/aromatic N) is 1. The molecule has 1 fully saturated rings. The summed E-state index contributed by atoms with van der Waals surface area (Å²) in [5, 5.41) is 14.8. The van der Waals surface area contributed by atoms with Crippen LogP contribution >= 0.6 is 11.3 Å². The Morgan fingerprint density at radius 3 is 2.62 bits per heavy atom. The van der Waals surface area contributed by atoms with Crippen molar-refractivity contribution in [2.45, 2.75) is 57.6 Å². The van der Waals surface area contributed by atoms with Crippen LogP contribution in [0.4, 0.5) is 19.7 Å². The zero-order valence-corrected chi connectivity index (χ0v) is 17.1. The molecule has 3 N–H and O–H groups in total. The van der Waals surface area contributed by atoms with Crippen LogP contribution in [-0.4, -0.2) is 34.4 Å². The molecule has 0 radical (unpaired) electrons. The Balaban J connectivity index is 1.64. The second kappa shape index (κ2) is 9.21. The zero-order chi connectivity index (χ0) is 21.0. The highest BCUT2D eigenvalue weighted by Gasteiger charge is 2.25. The normalized spacial score (nSPS) is 19.0. The van der Waals surface area contributed by atoms with E-state index in [9.17, 15) is 14.0 Å². The van der Waals surface area contributed by atoms with Crippen molar-refractivity contribution in [3.63, 3.8) is 0 Å². The molecule has 29 heavy (non-hydrogen) atoms. The summed E-state index contributed by atoms with van der Waals surface area (Å²) in [4.78, 5) is 27.6. The number of aromatic nitrogens is 1. The standard InChI is InChI=1S/C20H24FN3O4S/c1-11(2)28-20(27)24-14-7-8-15(16(21)9-14)17-10-22-18(29-17)12-3-5-13(6-4-12)23-19(25)26/h7-13,23H,3-6H2,1-2H3,(H,24,27)(H,25,26)/t12-,13-. The van der Waals surface area contributed by atoms with Crippen LogP contribution < -0.4 is 10.6 Å². The summed E-state index contributed by atoms with van der Waals surface area (Å²) in [7, 11) is 0. The topological polar surface area (TPSA) is 101 Å². The van der Waals surface area contributed by atoms with Crippen molar-refractivity contribution in [1.29, 1.82) is 0 Å². The highest BCUT2D eigenvalue weighted by molar-refractivity contribution is 7.15. The van der Waals surface area contributed by atoms with Gasteiger partial charge in [0.15, 0.2) is 0 Å². The van der Waals surface area contributed by atoms with Crippen LogP contribution in [0.3, 0.4) is 0 Å². The lowest BCUT2D eigenvalue weighted by Gasteiger charge is -2.26. The Morgan fingerprint density at radius 1 is 1.28 bits per heavy atom. The Hall–Kier alpha value is -2.68. The van der Waals surface area contributed by atoms with Gasteiger partial charge < -0.3 is 15.2 Å². The van der Waals surface area contributed by atoms with E-state index in [1.54, 1.807) is 32.2 Å². The molecule has 0 atom stereocenters. The first-order valence-electron chi connectivity index (χ1n) is 9.54. The Kier molecular flexibility index (Phi) is 6.68. The smallest absolute Gasteiger partial charge is 0.411 e. The van der Waals surface area contributed by atoms with Gasteiger partial charge in [0, 0.05) is 29.4 Å². The van der Waals surface area contributed by atoms with E-state index in [0.717, 1.165) is 35.6 Å². The number of hydrogen-bond acceptors (Lipinski definition) is 5. The average molecular weight is 421 g/mol. The van der Waals surface area contributed by atoms with E-state index in [1.807, 2.05) is 0 Å². The third kappa shape index (κ3) is 5.66. The summed E-state index contributed by atoms with van der Waals surface area (Å²) >= 11 is 1.45. The third-order valence-electron chi connectivity index (χ3n) is 4.75. The molecular weight excluding hydrogens is 397 g/mol. The van der Waals surface area contributed by atoms with Crippen LogP contribution in [0.25, 0.3) is 10.4 Å². The summed E-state index contributed by atoms with van der Waals surface area (Å²) in [6.07, 6.45) is 3.03. The highest BCUT2D eigenvalue weighted by atomic mass is 32.1. The first kappa shape index (κ1) is 21.0. The third-order valence-corrected chi connectivity index (χ3v) is 5.94. The molecule has 0 aliphatic heterocycles. The first-order chi connectivity index (χ1) is 13.8. The molecule has 1 aromatic carbocycles. The quantitative estimate of drug-likeness (QED) is 0.616. The average Bonchev–Trinajstić information content (AvgIpc) is 3.11. The number of halogens is 1. The summed E-state index contributed by atoms with van der Waals surface area (Å²) in [6, 6.07) is 4.50. The van der Waals surface area contributed by atoms with Gasteiger partial charge in [-0.1, -0.05) is 0 Å². The highest BCUT2D eigenvalue weighted by Crippen LogP contribution is 2.38. The molecule has 1 aromatic heterocycles. The molecule has 1 aliphatic rings. The minimum atomic E-state index is -0.990. The van der Waals surface area contributed by atoms with Crippen LogP contribution in [0.5, 0.6) is 0 Å². The maximum Gasteiger partial charge on any atom is 0.411 e. The van der Waals surface area contributed by atoms with Gasteiger partial charge in [-0.3, -0.25) is 5.32 Å². The second-order valence-electron chi connectivity index (χ2n) is 7.33. The van der Waals surface area contributed by atoms with Gasteiger partial charge in [0.2, 0.25) is 0 Å². The minimum Gasteiger partial charge on any atom is -0.465 e. The minimum absolute atomic E-state index is 0.0111. The summed E-state index contributed by atoms with van der Waals surface area (Å²) in [6.45, 7) is 3.47. The van der Waals surface area contributed by atoms with E-state index in [4.69, 9.17) is 9.84 Å². The second-order valence-corrected chi connectivity index (χ2v) is 8.40. The van der Waals surface area contributed by atoms with Crippen molar-refractivity contribution in [1.82, 2.24) is 10.3 Å². The van der Waals surface area contributed by atoms with Crippen molar-refractivity contribution in [2.75, 3.05) is 5.32 Å². The van der Waals surface area contributed by atoms with E-state index >= 15 is 0 Å². The van der Waals surface area contributed by atoms with E-state index in [2.05, 4.69) is 15.6 Å². The fourth-order valence-electron chi connectivity index (χ4n) is 3.41. The summed E-state index contributed by atoms with van der Waals surface area (Å²) in [5.41, 5.74) is 0.753. The van der Waals surface area contributed by atoms with Gasteiger partial charge in [-0.25, -0.2) is 19.0 Å². The molecule has 2 amide bonds. The van der Waals surface area contributed by atoms with Crippen LogP contribution in [0.2, 0.25) is 0 Å². The number of ether oxygens (including phenoxy) is 1. The van der Waals surface area contributed by atoms with Gasteiger partial charge >= 0.3 is 12.2 Å². The van der Waals surface area contributed by atoms with Gasteiger partial charge in [-0.05, 0) is 57.7 Å². The maximum absolute atomic E-state index is 14.6. The molecule has 0 saturated heterocycles. The van der Waals surface area contributed by atoms with Gasteiger partial charge in [0.25, 0.3) is 0 Å². The fourth-order valence-corrected chi connectivity index (χ4v) is 4.53. The molecule has 7 nitrogen and oxygen atoms in total. The molecule has 2 aromatic rings. The van der Waals surface area contributed by atoms with Crippen LogP contribution in [-0.2, 0) is 4.74 Å². The predicted octanol–water partition coefficient (Wildman–Crippen LogP) is 5.20. The number of anilines is 1. The zero-order valence-electron chi connectivity index (χ0n) is 16.3. The number of carbonyl (C=O) groups excluding carboxylic acids is 1. The van der Waals surface area contributed by atoms with Gasteiger partial charge in [-0.15, -0.1) is 11.3 Å². The van der Waals surface area contributed by atoms with Crippen LogP contribution in [0.1, 0.15) is 50.5 Å². The lowest BCUT2D eigenvalue weighted by Crippen LogP contribution is -2.36. The van der Waals surface area contributed by atoms with E-state index in [-0.39, 0.29) is 18.1 Å². The van der Waals surface area contributed by atoms with Crippen molar-refractivity contribution < 1.29 is 23.8 Å². The van der Waals surface area contributed by atoms with E-state index in [1.165, 1.54) is 17.4 Å². The van der Waals surface area contributed by atoms with Crippen molar-refractivity contribution in [3.05, 3.63) is 35.2 Å². The monoisotopic (exact) mass is 421 g/mol. The molecular formula is C20H24FN3O4S. The van der Waals surface area contributed by atoms with E-state index in [0.29, 0.717) is 11.3 Å². The Bertz CT molecular complexity index is 878. The molecule has 0 spiro atoms. The predicted molar refractivity (Wildman–Crippen MR) is 109 cm³/mol. The number of rotatable bonds is 5. The number of benzene rings is 1. The Morgan fingerprint density at radius 2 is 2.00 bits per heavy atom. The molecule has 1 saturated carbocycles. The molecule has 3 rings (SSSR count). The maximum atomic E-state index is 14.6. The molecule has 156 valence electrons. The SMILES string of the molecule is CC(C)OC(=O)Nc1ccc(-c2cnc([C@H]3CC[C@H](NC(=O)O)CC3)s2)c(F)c1. The number of thiazole rings is 1. The number of hydrogen-bond donors (Lipinski definition) is 3. The van der Waals surface area contributed by atoms with Gasteiger partial charge in [-0.2, -0.15) is 0 Å². The summed E-state index contributed by atoms with van der Waals surface area (Å²) in [5.74, 6) is -0.188. The molecule has 0 unspecified atom stereocenters. The molecule has 1 aliphatic carbocycles. The summed E-state index contributed by atoms with van der Waals surface area (Å²) < 4.78 is 19.6. The van der Waals surface area contributed by atoms with Gasteiger partial charge in [0.05, 0.1) is 16.0 Å². The van der Waals surface area contributed by atoms with Crippen molar-refractivity contribution in [3.8, 4) is 10.4 Å². The fraction of sp³-hybridized carbons (Fsp3) is 0.450. The first-order valence-corrected chi connectivity index (χ1v) is 10.4. The van der Waals surface area contributed by atoms with E-state index < -0.39 is 18.0 Å². The Labute approximate surface area is 172 Å². The number of nitrogens with one attached hydrogen (secondary N) is 2. The van der Waals surface area contributed by atoms with Crippen LogP contribution in [0.15, 0.2) is 24.4 Å². The molecule has 9 heteroatoms. The van der Waals surface area contributed by atoms with Crippen molar-refractivity contribution >= 4 is 29.2 Å². The van der Waals surface area contributed by atoms with Crippen molar-refractivity contribution in [2.24, 2.45) is 0 Å². The van der Waals surface area contributed by atoms with Gasteiger partial charge in [0.1, 0.15) is 5.82 Å². The number of carboxylic acid groups (broad SMARTS) is 1. The lowest BCUT2D eigenvalue weighted by molar-refractivity contribution is 0.130.